The SMILES string of the molecule is CCCCOCCCN(CC)CCC(=O)O. The Labute approximate surface area is 98.6 Å². The summed E-state index contributed by atoms with van der Waals surface area (Å²) in [5, 5.41) is 8.58. The van der Waals surface area contributed by atoms with Crippen molar-refractivity contribution in [1.29, 1.82) is 0 Å². The second kappa shape index (κ2) is 10.9. The Morgan fingerprint density at radius 2 is 1.88 bits per heavy atom. The molecule has 0 aromatic rings. The van der Waals surface area contributed by atoms with Crippen LogP contribution in [0.15, 0.2) is 0 Å². The molecule has 0 rings (SSSR count). The summed E-state index contributed by atoms with van der Waals surface area (Å²) in [6.07, 6.45) is 3.50. The molecule has 0 aromatic heterocycles. The molecular formula is C12H25NO3. The van der Waals surface area contributed by atoms with Gasteiger partial charge >= 0.3 is 5.97 Å². The summed E-state index contributed by atoms with van der Waals surface area (Å²) in [4.78, 5) is 12.6. The molecule has 4 heteroatoms. The first-order valence-electron chi connectivity index (χ1n) is 6.22. The first-order chi connectivity index (χ1) is 7.70. The summed E-state index contributed by atoms with van der Waals surface area (Å²) in [6.45, 7) is 8.30. The number of hydrogen-bond donors (Lipinski definition) is 1. The summed E-state index contributed by atoms with van der Waals surface area (Å²) >= 11 is 0. The van der Waals surface area contributed by atoms with Gasteiger partial charge in [-0.05, 0) is 19.4 Å². The minimum atomic E-state index is -0.724. The van der Waals surface area contributed by atoms with Crippen LogP contribution in [0.4, 0.5) is 0 Å². The fourth-order valence-electron chi connectivity index (χ4n) is 1.42. The Bertz CT molecular complexity index is 174. The van der Waals surface area contributed by atoms with E-state index in [1.54, 1.807) is 0 Å². The van der Waals surface area contributed by atoms with Gasteiger partial charge in [0.2, 0.25) is 0 Å². The van der Waals surface area contributed by atoms with E-state index in [1.165, 1.54) is 6.42 Å². The first kappa shape index (κ1) is 15.4. The minimum absolute atomic E-state index is 0.227. The van der Waals surface area contributed by atoms with E-state index >= 15 is 0 Å². The number of carbonyl (C=O) groups is 1. The van der Waals surface area contributed by atoms with E-state index in [-0.39, 0.29) is 6.42 Å². The molecular weight excluding hydrogens is 206 g/mol. The molecule has 0 saturated carbocycles. The van der Waals surface area contributed by atoms with Crippen molar-refractivity contribution in [2.24, 2.45) is 0 Å². The molecule has 0 atom stereocenters. The van der Waals surface area contributed by atoms with Crippen molar-refractivity contribution in [3.63, 3.8) is 0 Å². The zero-order valence-electron chi connectivity index (χ0n) is 10.6. The summed E-state index contributed by atoms with van der Waals surface area (Å²) < 4.78 is 5.45. The van der Waals surface area contributed by atoms with E-state index in [0.717, 1.165) is 39.1 Å². The number of nitrogens with zero attached hydrogens (tertiary/aromatic N) is 1. The van der Waals surface area contributed by atoms with E-state index in [1.807, 2.05) is 0 Å². The molecule has 0 spiro atoms. The largest absolute Gasteiger partial charge is 0.481 e. The third kappa shape index (κ3) is 9.93. The Morgan fingerprint density at radius 1 is 1.19 bits per heavy atom. The zero-order valence-corrected chi connectivity index (χ0v) is 10.6. The van der Waals surface area contributed by atoms with Crippen molar-refractivity contribution < 1.29 is 14.6 Å². The van der Waals surface area contributed by atoms with Crippen LogP contribution in [-0.2, 0) is 9.53 Å². The molecule has 0 heterocycles. The topological polar surface area (TPSA) is 49.8 Å². The monoisotopic (exact) mass is 231 g/mol. The normalized spacial score (nSPS) is 10.9. The molecule has 16 heavy (non-hydrogen) atoms. The van der Waals surface area contributed by atoms with Gasteiger partial charge in [0.15, 0.2) is 0 Å². The average Bonchev–Trinajstić information content (AvgIpc) is 2.27. The van der Waals surface area contributed by atoms with E-state index in [0.29, 0.717) is 6.54 Å². The Morgan fingerprint density at radius 3 is 2.44 bits per heavy atom. The van der Waals surface area contributed by atoms with Gasteiger partial charge in [-0.2, -0.15) is 0 Å². The van der Waals surface area contributed by atoms with Crippen molar-refractivity contribution in [2.75, 3.05) is 32.8 Å². The number of unbranched alkanes of at least 4 members (excludes halogenated alkanes) is 1. The van der Waals surface area contributed by atoms with Gasteiger partial charge in [0.05, 0.1) is 6.42 Å². The zero-order chi connectivity index (χ0) is 12.2. The molecule has 0 aliphatic heterocycles. The van der Waals surface area contributed by atoms with Crippen LogP contribution in [0.5, 0.6) is 0 Å². The van der Waals surface area contributed by atoms with Crippen molar-refractivity contribution in [3.8, 4) is 0 Å². The van der Waals surface area contributed by atoms with Crippen LogP contribution in [0.25, 0.3) is 0 Å². The smallest absolute Gasteiger partial charge is 0.304 e. The molecule has 0 bridgehead atoms. The summed E-state index contributed by atoms with van der Waals surface area (Å²) in [5.41, 5.74) is 0. The number of ether oxygens (including phenoxy) is 1. The lowest BCUT2D eigenvalue weighted by molar-refractivity contribution is -0.137. The van der Waals surface area contributed by atoms with E-state index in [9.17, 15) is 4.79 Å². The quantitative estimate of drug-likeness (QED) is 0.552. The van der Waals surface area contributed by atoms with Crippen molar-refractivity contribution in [2.45, 2.75) is 39.5 Å². The number of hydrogen-bond acceptors (Lipinski definition) is 3. The maximum Gasteiger partial charge on any atom is 0.304 e. The fraction of sp³-hybridized carbons (Fsp3) is 0.917. The summed E-state index contributed by atoms with van der Waals surface area (Å²) in [7, 11) is 0. The minimum Gasteiger partial charge on any atom is -0.481 e. The van der Waals surface area contributed by atoms with Gasteiger partial charge in [-0.3, -0.25) is 4.79 Å². The molecule has 0 unspecified atom stereocenters. The maximum absolute atomic E-state index is 10.4. The van der Waals surface area contributed by atoms with Crippen LogP contribution in [0.1, 0.15) is 39.5 Å². The predicted octanol–water partition coefficient (Wildman–Crippen LogP) is 1.99. The molecule has 96 valence electrons. The third-order valence-corrected chi connectivity index (χ3v) is 2.49. The Balaban J connectivity index is 3.37. The molecule has 0 aliphatic rings. The summed E-state index contributed by atoms with van der Waals surface area (Å²) in [5.74, 6) is -0.724. The Kier molecular flexibility index (Phi) is 10.5. The van der Waals surface area contributed by atoms with Crippen LogP contribution in [0.2, 0.25) is 0 Å². The highest BCUT2D eigenvalue weighted by Crippen LogP contribution is 1.96. The Hall–Kier alpha value is -0.610. The van der Waals surface area contributed by atoms with Gasteiger partial charge in [-0.1, -0.05) is 20.3 Å². The molecule has 0 aromatic carbocycles. The molecule has 1 N–H and O–H groups in total. The number of rotatable bonds is 11. The number of aliphatic carboxylic acids is 1. The number of carboxylic acids is 1. The van der Waals surface area contributed by atoms with Crippen molar-refractivity contribution >= 4 is 5.97 Å². The second-order valence-corrected chi connectivity index (χ2v) is 3.90. The molecule has 0 saturated heterocycles. The van der Waals surface area contributed by atoms with E-state index in [4.69, 9.17) is 9.84 Å². The van der Waals surface area contributed by atoms with E-state index < -0.39 is 5.97 Å². The summed E-state index contributed by atoms with van der Waals surface area (Å²) in [6, 6.07) is 0. The highest BCUT2D eigenvalue weighted by molar-refractivity contribution is 5.66. The molecule has 0 fully saturated rings. The van der Waals surface area contributed by atoms with Gasteiger partial charge in [0.25, 0.3) is 0 Å². The molecule has 0 amide bonds. The standard InChI is InChI=1S/C12H25NO3/c1-3-5-10-16-11-6-8-13(4-2)9-7-12(14)15/h3-11H2,1-2H3,(H,14,15). The lowest BCUT2D eigenvalue weighted by Crippen LogP contribution is -2.28. The van der Waals surface area contributed by atoms with Gasteiger partial charge in [0, 0.05) is 26.3 Å². The van der Waals surface area contributed by atoms with Crippen LogP contribution in [-0.4, -0.2) is 48.8 Å². The van der Waals surface area contributed by atoms with Crippen LogP contribution in [0, 0.1) is 0 Å². The van der Waals surface area contributed by atoms with Crippen molar-refractivity contribution in [3.05, 3.63) is 0 Å². The number of carboxylic acid groups (broad SMARTS) is 1. The first-order valence-corrected chi connectivity index (χ1v) is 6.22. The predicted molar refractivity (Wildman–Crippen MR) is 64.7 cm³/mol. The highest BCUT2D eigenvalue weighted by Gasteiger charge is 2.04. The molecule has 0 aliphatic carbocycles. The van der Waals surface area contributed by atoms with Gasteiger partial charge in [-0.25, -0.2) is 0 Å². The van der Waals surface area contributed by atoms with Crippen LogP contribution >= 0.6 is 0 Å². The lowest BCUT2D eigenvalue weighted by Gasteiger charge is -2.19. The van der Waals surface area contributed by atoms with Crippen molar-refractivity contribution in [1.82, 2.24) is 4.90 Å². The highest BCUT2D eigenvalue weighted by atomic mass is 16.5. The van der Waals surface area contributed by atoms with Gasteiger partial charge in [0.1, 0.15) is 0 Å². The fourth-order valence-corrected chi connectivity index (χ4v) is 1.42. The maximum atomic E-state index is 10.4. The lowest BCUT2D eigenvalue weighted by atomic mass is 10.3. The van der Waals surface area contributed by atoms with Gasteiger partial charge in [-0.15, -0.1) is 0 Å². The average molecular weight is 231 g/mol. The van der Waals surface area contributed by atoms with Gasteiger partial charge < -0.3 is 14.7 Å². The van der Waals surface area contributed by atoms with E-state index in [2.05, 4.69) is 18.7 Å². The molecule has 0 radical (unpaired) electrons. The third-order valence-electron chi connectivity index (χ3n) is 2.49. The molecule has 4 nitrogen and oxygen atoms in total. The van der Waals surface area contributed by atoms with Crippen LogP contribution < -0.4 is 0 Å². The second-order valence-electron chi connectivity index (χ2n) is 3.90. The van der Waals surface area contributed by atoms with Crippen LogP contribution in [0.3, 0.4) is 0 Å².